The van der Waals surface area contributed by atoms with E-state index in [9.17, 15) is 4.79 Å². The van der Waals surface area contributed by atoms with Crippen LogP contribution in [-0.2, 0) is 9.53 Å². The Hall–Kier alpha value is -0.570. The van der Waals surface area contributed by atoms with Crippen LogP contribution in [0.15, 0.2) is 0 Å². The molecule has 98 valence electrons. The monoisotopic (exact) mass is 239 g/mol. The van der Waals surface area contributed by atoms with E-state index in [1.807, 2.05) is 0 Å². The Kier molecular flexibility index (Phi) is 4.08. The van der Waals surface area contributed by atoms with Crippen molar-refractivity contribution in [3.8, 4) is 0 Å². The Labute approximate surface area is 105 Å². The van der Waals surface area contributed by atoms with Crippen molar-refractivity contribution < 1.29 is 9.53 Å². The molecule has 2 rings (SSSR count). The summed E-state index contributed by atoms with van der Waals surface area (Å²) in [6, 6.07) is 0. The number of piperidine rings is 1. The van der Waals surface area contributed by atoms with Gasteiger partial charge < -0.3 is 9.64 Å². The number of hydrogen-bond donors (Lipinski definition) is 0. The maximum Gasteiger partial charge on any atom is 0.225 e. The molecule has 0 spiro atoms. The number of carbonyl (C=O) groups excluding carboxylic acids is 1. The van der Waals surface area contributed by atoms with E-state index in [2.05, 4.69) is 18.7 Å². The second-order valence-corrected chi connectivity index (χ2v) is 5.93. The van der Waals surface area contributed by atoms with Gasteiger partial charge in [-0.05, 0) is 37.5 Å². The van der Waals surface area contributed by atoms with Crippen molar-refractivity contribution in [2.75, 3.05) is 20.2 Å². The van der Waals surface area contributed by atoms with Crippen LogP contribution in [0, 0.1) is 17.8 Å². The molecule has 3 nitrogen and oxygen atoms in total. The molecule has 1 saturated heterocycles. The Bertz CT molecular complexity index is 263. The third-order valence-electron chi connectivity index (χ3n) is 4.57. The first-order valence-corrected chi connectivity index (χ1v) is 6.93. The molecule has 1 saturated carbocycles. The van der Waals surface area contributed by atoms with Crippen LogP contribution in [0.4, 0.5) is 0 Å². The zero-order valence-corrected chi connectivity index (χ0v) is 11.3. The highest BCUT2D eigenvalue weighted by Gasteiger charge is 2.37. The highest BCUT2D eigenvalue weighted by atomic mass is 16.5. The highest BCUT2D eigenvalue weighted by Crippen LogP contribution is 2.33. The molecule has 1 aliphatic heterocycles. The van der Waals surface area contributed by atoms with Crippen molar-refractivity contribution in [3.05, 3.63) is 0 Å². The fourth-order valence-corrected chi connectivity index (χ4v) is 3.00. The largest absolute Gasteiger partial charge is 0.381 e. The van der Waals surface area contributed by atoms with Gasteiger partial charge in [0.05, 0.1) is 6.10 Å². The van der Waals surface area contributed by atoms with Crippen LogP contribution in [-0.4, -0.2) is 37.1 Å². The van der Waals surface area contributed by atoms with Crippen molar-refractivity contribution in [3.63, 3.8) is 0 Å². The molecule has 0 bridgehead atoms. The number of hydrogen-bond acceptors (Lipinski definition) is 2. The van der Waals surface area contributed by atoms with Gasteiger partial charge in [-0.1, -0.05) is 13.8 Å². The summed E-state index contributed by atoms with van der Waals surface area (Å²) < 4.78 is 5.23. The minimum atomic E-state index is 0.246. The summed E-state index contributed by atoms with van der Waals surface area (Å²) in [5.41, 5.74) is 0. The molecule has 0 unspecified atom stereocenters. The van der Waals surface area contributed by atoms with Crippen LogP contribution in [0.2, 0.25) is 0 Å². The number of methoxy groups -OCH3 is 1. The van der Waals surface area contributed by atoms with Gasteiger partial charge in [0.2, 0.25) is 5.91 Å². The number of rotatable bonds is 3. The average molecular weight is 239 g/mol. The predicted molar refractivity (Wildman–Crippen MR) is 67.7 cm³/mol. The predicted octanol–water partition coefficient (Wildman–Crippen LogP) is 2.31. The summed E-state index contributed by atoms with van der Waals surface area (Å²) >= 11 is 0. The van der Waals surface area contributed by atoms with Crippen LogP contribution in [0.25, 0.3) is 0 Å². The number of amides is 1. The van der Waals surface area contributed by atoms with E-state index < -0.39 is 0 Å². The van der Waals surface area contributed by atoms with Crippen molar-refractivity contribution in [1.29, 1.82) is 0 Å². The van der Waals surface area contributed by atoms with Gasteiger partial charge in [0.25, 0.3) is 0 Å². The molecule has 1 heterocycles. The van der Waals surface area contributed by atoms with Gasteiger partial charge in [-0.15, -0.1) is 0 Å². The quantitative estimate of drug-likeness (QED) is 0.756. The molecule has 1 aliphatic carbocycles. The molecule has 0 aromatic carbocycles. The molecule has 0 N–H and O–H groups in total. The van der Waals surface area contributed by atoms with E-state index in [-0.39, 0.29) is 5.92 Å². The molecular formula is C14H25NO2. The molecule has 3 heteroatoms. The Morgan fingerprint density at radius 1 is 1.24 bits per heavy atom. The average Bonchev–Trinajstić information content (AvgIpc) is 2.27. The molecule has 17 heavy (non-hydrogen) atoms. The molecule has 0 aromatic heterocycles. The normalized spacial score (nSPS) is 30.5. The fourth-order valence-electron chi connectivity index (χ4n) is 3.00. The summed E-state index contributed by atoms with van der Waals surface area (Å²) in [5.74, 6) is 2.19. The third-order valence-corrected chi connectivity index (χ3v) is 4.57. The first-order valence-electron chi connectivity index (χ1n) is 6.93. The van der Waals surface area contributed by atoms with Crippen molar-refractivity contribution >= 4 is 5.91 Å². The van der Waals surface area contributed by atoms with Gasteiger partial charge >= 0.3 is 0 Å². The summed E-state index contributed by atoms with van der Waals surface area (Å²) in [7, 11) is 1.74. The lowest BCUT2D eigenvalue weighted by atomic mass is 9.80. The molecule has 2 aliphatic rings. The first-order chi connectivity index (χ1) is 8.11. The zero-order valence-electron chi connectivity index (χ0n) is 11.3. The molecule has 1 amide bonds. The number of ether oxygens (including phenoxy) is 1. The van der Waals surface area contributed by atoms with E-state index in [0.29, 0.717) is 12.0 Å². The molecule has 0 atom stereocenters. The number of likely N-dealkylation sites (tertiary alicyclic amines) is 1. The SMILES string of the molecule is COC1CC(C(=O)N2CCC(C(C)C)CC2)C1. The van der Waals surface area contributed by atoms with Crippen LogP contribution >= 0.6 is 0 Å². The van der Waals surface area contributed by atoms with Gasteiger partial charge in [0.15, 0.2) is 0 Å². The lowest BCUT2D eigenvalue weighted by Gasteiger charge is -2.40. The van der Waals surface area contributed by atoms with E-state index in [1.54, 1.807) is 7.11 Å². The molecule has 0 aromatic rings. The van der Waals surface area contributed by atoms with Crippen molar-refractivity contribution in [2.45, 2.75) is 45.6 Å². The van der Waals surface area contributed by atoms with Crippen LogP contribution in [0.3, 0.4) is 0 Å². The third kappa shape index (κ3) is 2.82. The number of carbonyl (C=O) groups is 1. The summed E-state index contributed by atoms with van der Waals surface area (Å²) in [4.78, 5) is 14.3. The standard InChI is InChI=1S/C14H25NO2/c1-10(2)11-4-6-15(7-5-11)14(16)12-8-13(9-12)17-3/h10-13H,4-9H2,1-3H3. The summed E-state index contributed by atoms with van der Waals surface area (Å²) in [6.07, 6.45) is 4.56. The molecule has 0 radical (unpaired) electrons. The van der Waals surface area contributed by atoms with Gasteiger partial charge in [-0.25, -0.2) is 0 Å². The summed E-state index contributed by atoms with van der Waals surface area (Å²) in [5, 5.41) is 0. The highest BCUT2D eigenvalue weighted by molar-refractivity contribution is 5.80. The summed E-state index contributed by atoms with van der Waals surface area (Å²) in [6.45, 7) is 6.51. The molecular weight excluding hydrogens is 214 g/mol. The Morgan fingerprint density at radius 3 is 2.29 bits per heavy atom. The first kappa shape index (κ1) is 12.9. The Balaban J connectivity index is 1.75. The van der Waals surface area contributed by atoms with Crippen molar-refractivity contribution in [2.24, 2.45) is 17.8 Å². The van der Waals surface area contributed by atoms with Gasteiger partial charge in [-0.2, -0.15) is 0 Å². The van der Waals surface area contributed by atoms with Crippen molar-refractivity contribution in [1.82, 2.24) is 4.90 Å². The fraction of sp³-hybridized carbons (Fsp3) is 0.929. The van der Waals surface area contributed by atoms with Crippen LogP contribution < -0.4 is 0 Å². The smallest absolute Gasteiger partial charge is 0.225 e. The van der Waals surface area contributed by atoms with E-state index in [0.717, 1.165) is 37.8 Å². The topological polar surface area (TPSA) is 29.5 Å². The Morgan fingerprint density at radius 2 is 1.82 bits per heavy atom. The lowest BCUT2D eigenvalue weighted by Crippen LogP contribution is -2.47. The van der Waals surface area contributed by atoms with E-state index in [1.165, 1.54) is 12.8 Å². The van der Waals surface area contributed by atoms with Crippen LogP contribution in [0.5, 0.6) is 0 Å². The minimum Gasteiger partial charge on any atom is -0.381 e. The van der Waals surface area contributed by atoms with E-state index in [4.69, 9.17) is 4.74 Å². The van der Waals surface area contributed by atoms with E-state index >= 15 is 0 Å². The van der Waals surface area contributed by atoms with Gasteiger partial charge in [0.1, 0.15) is 0 Å². The maximum atomic E-state index is 12.2. The zero-order chi connectivity index (χ0) is 12.4. The second kappa shape index (κ2) is 5.38. The lowest BCUT2D eigenvalue weighted by molar-refractivity contribution is -0.145. The molecule has 2 fully saturated rings. The maximum absolute atomic E-state index is 12.2. The van der Waals surface area contributed by atoms with Gasteiger partial charge in [-0.3, -0.25) is 4.79 Å². The second-order valence-electron chi connectivity index (χ2n) is 5.93. The minimum absolute atomic E-state index is 0.246. The van der Waals surface area contributed by atoms with Crippen LogP contribution in [0.1, 0.15) is 39.5 Å². The van der Waals surface area contributed by atoms with Gasteiger partial charge in [0, 0.05) is 26.1 Å². The number of nitrogens with zero attached hydrogens (tertiary/aromatic N) is 1.